The van der Waals surface area contributed by atoms with E-state index in [0.717, 1.165) is 25.7 Å². The van der Waals surface area contributed by atoms with Crippen LogP contribution in [0.2, 0.25) is 39.3 Å². The Morgan fingerprint density at radius 3 is 2.03 bits per heavy atom. The van der Waals surface area contributed by atoms with Gasteiger partial charge in [-0.3, -0.25) is 0 Å². The van der Waals surface area contributed by atoms with E-state index < -0.39 is 22.7 Å². The molecule has 0 aromatic carbocycles. The summed E-state index contributed by atoms with van der Waals surface area (Å²) in [7, 11) is -2.23. The molecule has 0 spiro atoms. The summed E-state index contributed by atoms with van der Waals surface area (Å²) in [5, 5.41) is 10.8. The van der Waals surface area contributed by atoms with Crippen LogP contribution >= 0.6 is 0 Å². The number of carbonyl (C=O) groups is 1. The van der Waals surface area contributed by atoms with Crippen LogP contribution in [0.3, 0.4) is 0 Å². The Balaban J connectivity index is 3.51. The van der Waals surface area contributed by atoms with Gasteiger partial charge in [0.1, 0.15) is 0 Å². The zero-order chi connectivity index (χ0) is 26.3. The van der Waals surface area contributed by atoms with Crippen LogP contribution in [-0.2, 0) is 18.4 Å². The predicted molar refractivity (Wildman–Crippen MR) is 147 cm³/mol. The summed E-state index contributed by atoms with van der Waals surface area (Å²) in [6.45, 7) is 22.4. The van der Waals surface area contributed by atoms with Gasteiger partial charge in [0.2, 0.25) is 0 Å². The lowest BCUT2D eigenvalue weighted by atomic mass is 9.79. The number of aliphatic hydroxyl groups excluding tert-OH is 1. The molecule has 1 aliphatic rings. The van der Waals surface area contributed by atoms with Crippen molar-refractivity contribution in [1.82, 2.24) is 0 Å². The van der Waals surface area contributed by atoms with E-state index in [0.29, 0.717) is 36.2 Å². The number of hydrogen-bond acceptors (Lipinski definition) is 5. The molecule has 0 bridgehead atoms. The number of ether oxygens (including phenoxy) is 1. The monoisotopic (exact) mass is 514 g/mol. The highest BCUT2D eigenvalue weighted by Gasteiger charge is 2.36. The van der Waals surface area contributed by atoms with Crippen LogP contribution in [0.4, 0.5) is 0 Å². The Kier molecular flexibility index (Phi) is 12.7. The van der Waals surface area contributed by atoms with Crippen LogP contribution in [0.25, 0.3) is 0 Å². The highest BCUT2D eigenvalue weighted by Crippen LogP contribution is 2.35. The molecule has 34 heavy (non-hydrogen) atoms. The van der Waals surface area contributed by atoms with E-state index in [1.807, 2.05) is 0 Å². The summed E-state index contributed by atoms with van der Waals surface area (Å²) in [6.07, 6.45) is 6.48. The third-order valence-corrected chi connectivity index (χ3v) is 8.77. The van der Waals surface area contributed by atoms with Crippen LogP contribution in [-0.4, -0.2) is 53.1 Å². The standard InChI is InChI=1S/C27H54O5Si2/c1-19(2)24-18-25(31-33(6,7)8)21(4)14-12-13-20(3)15-23(28)16-22(27(29)30-5)17-26(24)32-34(9,10)11/h16,19-21,23-26,28H,12-15,17-18H2,1-11H3/b22-16+/t20-,21+,23?,24?,25+,26-/m1/s1. The Bertz CT molecular complexity index is 650. The fraction of sp³-hybridized carbons (Fsp3) is 0.889. The maximum atomic E-state index is 12.8. The molecule has 0 aromatic heterocycles. The van der Waals surface area contributed by atoms with E-state index >= 15 is 0 Å². The molecule has 0 aliphatic heterocycles. The predicted octanol–water partition coefficient (Wildman–Crippen LogP) is 6.79. The van der Waals surface area contributed by atoms with Gasteiger partial charge in [0, 0.05) is 18.1 Å². The van der Waals surface area contributed by atoms with Crippen molar-refractivity contribution < 1.29 is 23.5 Å². The van der Waals surface area contributed by atoms with Crippen molar-refractivity contribution in [2.45, 2.75) is 124 Å². The SMILES string of the molecule is COC(=O)/C1=C/C(O)C[C@H](C)CCC[C@H](C)[C@@H](O[Si](C)(C)C)CC(C(C)C)[C@H](O[Si](C)(C)C)C1. The second-order valence-corrected chi connectivity index (χ2v) is 21.8. The van der Waals surface area contributed by atoms with Gasteiger partial charge in [-0.2, -0.15) is 0 Å². The van der Waals surface area contributed by atoms with Crippen LogP contribution in [0, 0.1) is 23.7 Å². The van der Waals surface area contributed by atoms with Crippen molar-refractivity contribution in [2.24, 2.45) is 23.7 Å². The van der Waals surface area contributed by atoms with E-state index in [1.54, 1.807) is 6.08 Å². The van der Waals surface area contributed by atoms with Gasteiger partial charge in [0.05, 0.1) is 19.3 Å². The normalized spacial score (nSPS) is 32.6. The molecular weight excluding hydrogens is 460 g/mol. The average molecular weight is 515 g/mol. The number of aliphatic hydroxyl groups is 1. The third-order valence-electron chi connectivity index (χ3n) is 6.75. The van der Waals surface area contributed by atoms with Crippen LogP contribution in [0.5, 0.6) is 0 Å². The Morgan fingerprint density at radius 1 is 0.971 bits per heavy atom. The van der Waals surface area contributed by atoms with E-state index in [1.165, 1.54) is 7.11 Å². The summed E-state index contributed by atoms with van der Waals surface area (Å²) in [5.74, 6) is 1.08. The molecule has 5 nitrogen and oxygen atoms in total. The summed E-state index contributed by atoms with van der Waals surface area (Å²) in [5.41, 5.74) is 0.531. The first-order valence-electron chi connectivity index (χ1n) is 13.3. The topological polar surface area (TPSA) is 65.0 Å². The lowest BCUT2D eigenvalue weighted by Crippen LogP contribution is -2.43. The fourth-order valence-electron chi connectivity index (χ4n) is 5.08. The minimum atomic E-state index is -1.90. The first-order valence-corrected chi connectivity index (χ1v) is 20.2. The molecule has 0 fully saturated rings. The molecule has 0 radical (unpaired) electrons. The number of methoxy groups -OCH3 is 1. The second-order valence-electron chi connectivity index (χ2n) is 12.9. The Morgan fingerprint density at radius 2 is 1.53 bits per heavy atom. The first-order chi connectivity index (χ1) is 15.5. The molecule has 1 N–H and O–H groups in total. The average Bonchev–Trinajstić information content (AvgIpc) is 2.66. The highest BCUT2D eigenvalue weighted by atomic mass is 28.4. The summed E-state index contributed by atoms with van der Waals surface area (Å²) in [6, 6.07) is 0. The van der Waals surface area contributed by atoms with Crippen molar-refractivity contribution in [3.63, 3.8) is 0 Å². The summed E-state index contributed by atoms with van der Waals surface area (Å²) in [4.78, 5) is 12.8. The minimum Gasteiger partial charge on any atom is -0.466 e. The zero-order valence-corrected chi connectivity index (χ0v) is 25.9. The molecule has 0 heterocycles. The molecule has 2 unspecified atom stereocenters. The molecular formula is C27H54O5Si2. The molecule has 1 aliphatic carbocycles. The smallest absolute Gasteiger partial charge is 0.333 e. The quantitative estimate of drug-likeness (QED) is 0.312. The largest absolute Gasteiger partial charge is 0.466 e. The molecule has 6 atom stereocenters. The highest BCUT2D eigenvalue weighted by molar-refractivity contribution is 6.70. The number of carbonyl (C=O) groups excluding carboxylic acids is 1. The van der Waals surface area contributed by atoms with E-state index in [9.17, 15) is 9.90 Å². The van der Waals surface area contributed by atoms with Crippen LogP contribution in [0.1, 0.15) is 66.2 Å². The molecule has 0 saturated heterocycles. The van der Waals surface area contributed by atoms with E-state index in [4.69, 9.17) is 13.6 Å². The number of hydrogen-bond donors (Lipinski definition) is 1. The van der Waals surface area contributed by atoms with Gasteiger partial charge in [0.25, 0.3) is 0 Å². The number of rotatable bonds is 6. The fourth-order valence-corrected chi connectivity index (χ4v) is 7.48. The van der Waals surface area contributed by atoms with E-state index in [2.05, 4.69) is 67.0 Å². The summed E-state index contributed by atoms with van der Waals surface area (Å²) >= 11 is 0. The molecule has 0 amide bonds. The van der Waals surface area contributed by atoms with Gasteiger partial charge >= 0.3 is 5.97 Å². The minimum absolute atomic E-state index is 0.121. The van der Waals surface area contributed by atoms with Gasteiger partial charge in [-0.1, -0.05) is 40.5 Å². The van der Waals surface area contributed by atoms with Gasteiger partial charge in [0.15, 0.2) is 16.6 Å². The molecule has 7 heteroatoms. The number of esters is 1. The zero-order valence-electron chi connectivity index (χ0n) is 23.9. The molecule has 0 saturated carbocycles. The summed E-state index contributed by atoms with van der Waals surface area (Å²) < 4.78 is 18.7. The molecule has 200 valence electrons. The molecule has 0 aromatic rings. The lowest BCUT2D eigenvalue weighted by molar-refractivity contribution is -0.136. The lowest BCUT2D eigenvalue weighted by Gasteiger charge is -2.40. The van der Waals surface area contributed by atoms with E-state index in [-0.39, 0.29) is 24.1 Å². The van der Waals surface area contributed by atoms with Crippen molar-refractivity contribution >= 4 is 22.6 Å². The maximum Gasteiger partial charge on any atom is 0.333 e. The van der Waals surface area contributed by atoms with Gasteiger partial charge in [-0.05, 0) is 88.3 Å². The van der Waals surface area contributed by atoms with Crippen molar-refractivity contribution in [3.05, 3.63) is 11.6 Å². The van der Waals surface area contributed by atoms with Crippen LogP contribution < -0.4 is 0 Å². The van der Waals surface area contributed by atoms with Crippen LogP contribution in [0.15, 0.2) is 11.6 Å². The first kappa shape index (κ1) is 31.6. The Hall–Kier alpha value is -0.476. The van der Waals surface area contributed by atoms with Crippen molar-refractivity contribution in [3.8, 4) is 0 Å². The van der Waals surface area contributed by atoms with Crippen molar-refractivity contribution in [2.75, 3.05) is 7.11 Å². The van der Waals surface area contributed by atoms with Gasteiger partial charge in [-0.25, -0.2) is 4.79 Å². The maximum absolute atomic E-state index is 12.8. The van der Waals surface area contributed by atoms with Crippen molar-refractivity contribution in [1.29, 1.82) is 0 Å². The second kappa shape index (κ2) is 13.7. The third kappa shape index (κ3) is 12.0. The van der Waals surface area contributed by atoms with Gasteiger partial charge in [-0.15, -0.1) is 0 Å². The Labute approximate surface area is 212 Å². The molecule has 1 rings (SSSR count). The van der Waals surface area contributed by atoms with Gasteiger partial charge < -0.3 is 18.7 Å².